The van der Waals surface area contributed by atoms with E-state index in [1.165, 1.54) is 12.1 Å². The van der Waals surface area contributed by atoms with Crippen LogP contribution in [0.25, 0.3) is 5.69 Å². The molecule has 1 aromatic heterocycles. The van der Waals surface area contributed by atoms with Crippen LogP contribution in [0.3, 0.4) is 0 Å². The van der Waals surface area contributed by atoms with Crippen LogP contribution in [0.4, 0.5) is 18.9 Å². The Balaban J connectivity index is 1.75. The number of aryl methyl sites for hydroxylation is 2. The van der Waals surface area contributed by atoms with Crippen molar-refractivity contribution < 1.29 is 18.0 Å². The number of amides is 1. The van der Waals surface area contributed by atoms with Crippen molar-refractivity contribution in [1.82, 2.24) is 20.2 Å². The number of carbonyl (C=O) groups is 1. The van der Waals surface area contributed by atoms with Gasteiger partial charge in [0.15, 0.2) is 0 Å². The number of tetrazole rings is 1. The lowest BCUT2D eigenvalue weighted by Crippen LogP contribution is -2.23. The van der Waals surface area contributed by atoms with Gasteiger partial charge >= 0.3 is 6.18 Å². The number of aromatic nitrogens is 4. The highest BCUT2D eigenvalue weighted by Gasteiger charge is 2.30. The van der Waals surface area contributed by atoms with E-state index in [0.717, 1.165) is 40.7 Å². The van der Waals surface area contributed by atoms with Crippen molar-refractivity contribution in [3.63, 3.8) is 0 Å². The van der Waals surface area contributed by atoms with Gasteiger partial charge < -0.3 is 5.32 Å². The minimum Gasteiger partial charge on any atom is -0.325 e. The molecule has 0 aliphatic heterocycles. The van der Waals surface area contributed by atoms with Crippen LogP contribution < -0.4 is 5.32 Å². The lowest BCUT2D eigenvalue weighted by atomic mass is 10.1. The maximum atomic E-state index is 12.8. The fourth-order valence-corrected chi connectivity index (χ4v) is 3.38. The van der Waals surface area contributed by atoms with E-state index in [0.29, 0.717) is 5.16 Å². The van der Waals surface area contributed by atoms with Crippen molar-refractivity contribution in [2.45, 2.75) is 37.4 Å². The third-order valence-corrected chi connectivity index (χ3v) is 5.18. The van der Waals surface area contributed by atoms with E-state index in [9.17, 15) is 18.0 Å². The van der Waals surface area contributed by atoms with Crippen molar-refractivity contribution >= 4 is 23.4 Å². The molecule has 0 aliphatic rings. The number of anilines is 1. The number of carbonyl (C=O) groups excluding carboxylic acids is 1. The fraction of sp³-hybridized carbons (Fsp3) is 0.263. The molecule has 0 radical (unpaired) electrons. The molecule has 152 valence electrons. The average Bonchev–Trinajstić information content (AvgIpc) is 3.11. The molecule has 0 fully saturated rings. The van der Waals surface area contributed by atoms with E-state index >= 15 is 0 Å². The van der Waals surface area contributed by atoms with E-state index in [4.69, 9.17) is 0 Å². The van der Waals surface area contributed by atoms with Gasteiger partial charge in [0.2, 0.25) is 11.1 Å². The number of thioether (sulfide) groups is 1. The second kappa shape index (κ2) is 8.24. The monoisotopic (exact) mass is 421 g/mol. The number of halogens is 3. The first-order chi connectivity index (χ1) is 13.6. The highest BCUT2D eigenvalue weighted by Crippen LogP contribution is 2.31. The molecular weight excluding hydrogens is 403 g/mol. The highest BCUT2D eigenvalue weighted by atomic mass is 32.2. The zero-order chi connectivity index (χ0) is 21.2. The van der Waals surface area contributed by atoms with E-state index in [-0.39, 0.29) is 5.69 Å². The zero-order valence-electron chi connectivity index (χ0n) is 15.9. The highest BCUT2D eigenvalue weighted by molar-refractivity contribution is 8.00. The molecule has 1 atom stereocenters. The summed E-state index contributed by atoms with van der Waals surface area (Å²) in [5, 5.41) is 13.9. The molecule has 0 saturated heterocycles. The fourth-order valence-electron chi connectivity index (χ4n) is 2.58. The molecule has 3 aromatic rings. The Morgan fingerprint density at radius 2 is 1.93 bits per heavy atom. The number of benzene rings is 2. The van der Waals surface area contributed by atoms with Crippen molar-refractivity contribution in [2.24, 2.45) is 0 Å². The number of hydrogen-bond acceptors (Lipinski definition) is 5. The van der Waals surface area contributed by atoms with Gasteiger partial charge in [-0.25, -0.2) is 0 Å². The van der Waals surface area contributed by atoms with Gasteiger partial charge in [-0.2, -0.15) is 17.9 Å². The van der Waals surface area contributed by atoms with Crippen LogP contribution in [0, 0.1) is 13.8 Å². The van der Waals surface area contributed by atoms with Crippen molar-refractivity contribution in [3.05, 3.63) is 59.2 Å². The summed E-state index contributed by atoms with van der Waals surface area (Å²) in [5.41, 5.74) is 2.04. The summed E-state index contributed by atoms with van der Waals surface area (Å²) in [7, 11) is 0. The lowest BCUT2D eigenvalue weighted by Gasteiger charge is -2.14. The SMILES string of the molecule is Cc1ccc(C)c(-n2nnnc2SC(C)C(=O)Nc2cccc(C(F)(F)F)c2)c1. The van der Waals surface area contributed by atoms with Gasteiger partial charge in [0, 0.05) is 5.69 Å². The number of rotatable bonds is 5. The molecule has 10 heteroatoms. The third-order valence-electron chi connectivity index (χ3n) is 4.14. The van der Waals surface area contributed by atoms with Crippen molar-refractivity contribution in [3.8, 4) is 5.69 Å². The average molecular weight is 421 g/mol. The smallest absolute Gasteiger partial charge is 0.325 e. The molecule has 3 rings (SSSR count). The molecular formula is C19H18F3N5OS. The number of nitrogens with one attached hydrogen (secondary N) is 1. The minimum atomic E-state index is -4.48. The summed E-state index contributed by atoms with van der Waals surface area (Å²) in [6.45, 7) is 5.51. The van der Waals surface area contributed by atoms with E-state index in [2.05, 4.69) is 20.8 Å². The van der Waals surface area contributed by atoms with E-state index in [1.54, 1.807) is 11.6 Å². The van der Waals surface area contributed by atoms with Crippen molar-refractivity contribution in [1.29, 1.82) is 0 Å². The third kappa shape index (κ3) is 4.94. The van der Waals surface area contributed by atoms with Gasteiger partial charge in [-0.05, 0) is 66.6 Å². The number of alkyl halides is 3. The number of nitrogens with zero attached hydrogens (tertiary/aromatic N) is 4. The quantitative estimate of drug-likeness (QED) is 0.618. The Morgan fingerprint density at radius 1 is 1.17 bits per heavy atom. The predicted molar refractivity (Wildman–Crippen MR) is 104 cm³/mol. The zero-order valence-corrected chi connectivity index (χ0v) is 16.7. The van der Waals surface area contributed by atoms with Gasteiger partial charge in [0.25, 0.3) is 0 Å². The molecule has 0 aliphatic carbocycles. The summed E-state index contributed by atoms with van der Waals surface area (Å²) in [4.78, 5) is 12.5. The maximum Gasteiger partial charge on any atom is 0.416 e. The predicted octanol–water partition coefficient (Wildman–Crippen LogP) is 4.42. The first kappa shape index (κ1) is 20.8. The van der Waals surface area contributed by atoms with E-state index in [1.807, 2.05) is 32.0 Å². The van der Waals surface area contributed by atoms with E-state index < -0.39 is 22.9 Å². The van der Waals surface area contributed by atoms with Crippen LogP contribution >= 0.6 is 11.8 Å². The molecule has 1 amide bonds. The van der Waals surface area contributed by atoms with Gasteiger partial charge in [-0.1, -0.05) is 30.0 Å². The summed E-state index contributed by atoms with van der Waals surface area (Å²) >= 11 is 1.12. The second-order valence-corrected chi connectivity index (χ2v) is 7.80. The van der Waals surface area contributed by atoms with Crippen LogP contribution in [0.5, 0.6) is 0 Å². The largest absolute Gasteiger partial charge is 0.416 e. The van der Waals surface area contributed by atoms with Crippen LogP contribution in [0.15, 0.2) is 47.6 Å². The Kier molecular flexibility index (Phi) is 5.92. The van der Waals surface area contributed by atoms with Gasteiger partial charge in [-0.15, -0.1) is 5.10 Å². The summed E-state index contributed by atoms with van der Waals surface area (Å²) in [6.07, 6.45) is -4.48. The molecule has 2 aromatic carbocycles. The molecule has 0 spiro atoms. The van der Waals surface area contributed by atoms with Crippen molar-refractivity contribution in [2.75, 3.05) is 5.32 Å². The van der Waals surface area contributed by atoms with Gasteiger partial charge in [0.1, 0.15) is 0 Å². The minimum absolute atomic E-state index is 0.0754. The standard InChI is InChI=1S/C19H18F3N5OS/c1-11-7-8-12(2)16(9-11)27-18(24-25-26-27)29-13(3)17(28)23-15-6-4-5-14(10-15)19(20,21)22/h4-10,13H,1-3H3,(H,23,28). The molecule has 1 unspecified atom stereocenters. The first-order valence-electron chi connectivity index (χ1n) is 8.66. The topological polar surface area (TPSA) is 72.7 Å². The lowest BCUT2D eigenvalue weighted by molar-refractivity contribution is -0.137. The first-order valence-corrected chi connectivity index (χ1v) is 9.54. The molecule has 1 N–H and O–H groups in total. The molecule has 29 heavy (non-hydrogen) atoms. The molecule has 1 heterocycles. The summed E-state index contributed by atoms with van der Waals surface area (Å²) in [5.74, 6) is -0.454. The second-order valence-electron chi connectivity index (χ2n) is 6.49. The Bertz CT molecular complexity index is 1030. The maximum absolute atomic E-state index is 12.8. The Hall–Kier alpha value is -2.88. The summed E-state index contributed by atoms with van der Waals surface area (Å²) in [6, 6.07) is 10.4. The number of hydrogen-bond donors (Lipinski definition) is 1. The Morgan fingerprint density at radius 3 is 2.66 bits per heavy atom. The van der Waals surface area contributed by atoms with Crippen LogP contribution in [-0.4, -0.2) is 31.4 Å². The van der Waals surface area contributed by atoms with Gasteiger partial charge in [-0.3, -0.25) is 4.79 Å². The van der Waals surface area contributed by atoms with Crippen LogP contribution in [0.2, 0.25) is 0 Å². The Labute approximate surface area is 169 Å². The molecule has 6 nitrogen and oxygen atoms in total. The molecule has 0 bridgehead atoms. The normalized spacial score (nSPS) is 12.6. The van der Waals surface area contributed by atoms with Gasteiger partial charge in [0.05, 0.1) is 16.5 Å². The summed E-state index contributed by atoms with van der Waals surface area (Å²) < 4.78 is 40.1. The molecule has 0 saturated carbocycles. The van der Waals surface area contributed by atoms with Crippen LogP contribution in [0.1, 0.15) is 23.6 Å². The van der Waals surface area contributed by atoms with Crippen LogP contribution in [-0.2, 0) is 11.0 Å².